The molecule has 0 aliphatic carbocycles. The molecule has 1 aromatic carbocycles. The Morgan fingerprint density at radius 1 is 1.20 bits per heavy atom. The minimum atomic E-state index is -0.158. The first kappa shape index (κ1) is 16.0. The van der Waals surface area contributed by atoms with E-state index in [4.69, 9.17) is 4.74 Å². The summed E-state index contributed by atoms with van der Waals surface area (Å²) >= 11 is 0. The molecule has 0 aliphatic heterocycles. The summed E-state index contributed by atoms with van der Waals surface area (Å²) in [7, 11) is 0. The molecule has 0 radical (unpaired) electrons. The maximum atomic E-state index is 11.5. The zero-order valence-corrected chi connectivity index (χ0v) is 12.1. The first-order valence-corrected chi connectivity index (χ1v) is 6.84. The van der Waals surface area contributed by atoms with Crippen LogP contribution in [0, 0.1) is 0 Å². The van der Waals surface area contributed by atoms with E-state index in [-0.39, 0.29) is 18.4 Å². The lowest BCUT2D eigenvalue weighted by Gasteiger charge is -2.08. The lowest BCUT2D eigenvalue weighted by Crippen LogP contribution is -2.32. The molecule has 0 fully saturated rings. The summed E-state index contributed by atoms with van der Waals surface area (Å²) in [4.78, 5) is 22.2. The summed E-state index contributed by atoms with van der Waals surface area (Å²) in [6.07, 6.45) is 1.64. The van der Waals surface area contributed by atoms with Gasteiger partial charge in [0.2, 0.25) is 5.91 Å². The van der Waals surface area contributed by atoms with Crippen molar-refractivity contribution in [3.63, 3.8) is 0 Å². The van der Waals surface area contributed by atoms with E-state index in [1.807, 2.05) is 24.3 Å². The highest BCUT2D eigenvalue weighted by molar-refractivity contribution is 5.77. The van der Waals surface area contributed by atoms with Gasteiger partial charge in [-0.3, -0.25) is 9.59 Å². The van der Waals surface area contributed by atoms with Crippen LogP contribution in [-0.4, -0.2) is 31.5 Å². The third-order valence-electron chi connectivity index (χ3n) is 2.73. The molecule has 0 bridgehead atoms. The van der Waals surface area contributed by atoms with Crippen LogP contribution in [0.15, 0.2) is 24.3 Å². The minimum Gasteiger partial charge on any atom is -0.484 e. The fourth-order valence-corrected chi connectivity index (χ4v) is 1.64. The molecular weight excluding hydrogens is 256 g/mol. The van der Waals surface area contributed by atoms with Crippen molar-refractivity contribution < 1.29 is 14.3 Å². The van der Waals surface area contributed by atoms with Crippen molar-refractivity contribution in [2.24, 2.45) is 0 Å². The van der Waals surface area contributed by atoms with E-state index in [1.165, 1.54) is 12.5 Å². The van der Waals surface area contributed by atoms with Gasteiger partial charge in [-0.05, 0) is 30.5 Å². The van der Waals surface area contributed by atoms with E-state index in [1.54, 1.807) is 0 Å². The van der Waals surface area contributed by atoms with Gasteiger partial charge in [-0.1, -0.05) is 19.1 Å². The van der Waals surface area contributed by atoms with Gasteiger partial charge in [0.15, 0.2) is 6.61 Å². The molecule has 1 aromatic rings. The smallest absolute Gasteiger partial charge is 0.257 e. The van der Waals surface area contributed by atoms with Crippen LogP contribution < -0.4 is 15.4 Å². The standard InChI is InChI=1S/C15H22N2O3/c1-3-13-6-4-7-14(10-13)20-11-15(19)17-9-5-8-16-12(2)18/h4,6-7,10H,3,5,8-9,11H2,1-2H3,(H,16,18)(H,17,19). The lowest BCUT2D eigenvalue weighted by molar-refractivity contribution is -0.123. The SMILES string of the molecule is CCc1cccc(OCC(=O)NCCCNC(C)=O)c1. The molecule has 0 aromatic heterocycles. The molecule has 0 unspecified atom stereocenters. The Balaban J connectivity index is 2.17. The number of rotatable bonds is 8. The molecule has 0 saturated heterocycles. The number of amides is 2. The molecule has 0 atom stereocenters. The highest BCUT2D eigenvalue weighted by Crippen LogP contribution is 2.13. The van der Waals surface area contributed by atoms with Gasteiger partial charge in [0.05, 0.1) is 0 Å². The van der Waals surface area contributed by atoms with Crippen molar-refractivity contribution >= 4 is 11.8 Å². The zero-order chi connectivity index (χ0) is 14.8. The fraction of sp³-hybridized carbons (Fsp3) is 0.467. The average molecular weight is 278 g/mol. The largest absolute Gasteiger partial charge is 0.484 e. The van der Waals surface area contributed by atoms with Gasteiger partial charge in [0, 0.05) is 20.0 Å². The molecular formula is C15H22N2O3. The van der Waals surface area contributed by atoms with Crippen molar-refractivity contribution in [2.75, 3.05) is 19.7 Å². The molecule has 1 rings (SSSR count). The van der Waals surface area contributed by atoms with Gasteiger partial charge < -0.3 is 15.4 Å². The van der Waals surface area contributed by atoms with Crippen LogP contribution in [-0.2, 0) is 16.0 Å². The number of ether oxygens (including phenoxy) is 1. The first-order chi connectivity index (χ1) is 9.61. The monoisotopic (exact) mass is 278 g/mol. The summed E-state index contributed by atoms with van der Waals surface area (Å²) in [6, 6.07) is 7.71. The average Bonchev–Trinajstić information content (AvgIpc) is 2.44. The van der Waals surface area contributed by atoms with Crippen LogP contribution in [0.1, 0.15) is 25.8 Å². The van der Waals surface area contributed by atoms with E-state index in [9.17, 15) is 9.59 Å². The number of hydrogen-bond donors (Lipinski definition) is 2. The third-order valence-corrected chi connectivity index (χ3v) is 2.73. The van der Waals surface area contributed by atoms with Crippen molar-refractivity contribution in [2.45, 2.75) is 26.7 Å². The maximum absolute atomic E-state index is 11.5. The van der Waals surface area contributed by atoms with Gasteiger partial charge in [-0.25, -0.2) is 0 Å². The normalized spacial score (nSPS) is 9.90. The molecule has 110 valence electrons. The van der Waals surface area contributed by atoms with E-state index >= 15 is 0 Å². The Bertz CT molecular complexity index is 446. The summed E-state index contributed by atoms with van der Waals surface area (Å²) in [6.45, 7) is 4.64. The Morgan fingerprint density at radius 2 is 1.95 bits per heavy atom. The predicted molar refractivity (Wildman–Crippen MR) is 77.6 cm³/mol. The van der Waals surface area contributed by atoms with E-state index in [0.717, 1.165) is 6.42 Å². The van der Waals surface area contributed by atoms with Gasteiger partial charge in [-0.15, -0.1) is 0 Å². The molecule has 0 saturated carbocycles. The van der Waals surface area contributed by atoms with Crippen molar-refractivity contribution in [1.82, 2.24) is 10.6 Å². The van der Waals surface area contributed by atoms with Crippen LogP contribution >= 0.6 is 0 Å². The number of benzene rings is 1. The number of carbonyl (C=O) groups excluding carboxylic acids is 2. The van der Waals surface area contributed by atoms with Gasteiger partial charge in [0.25, 0.3) is 5.91 Å². The van der Waals surface area contributed by atoms with E-state index in [0.29, 0.717) is 25.3 Å². The minimum absolute atomic E-state index is 0.00725. The van der Waals surface area contributed by atoms with Crippen LogP contribution in [0.5, 0.6) is 5.75 Å². The molecule has 0 aliphatic rings. The number of hydrogen-bond acceptors (Lipinski definition) is 3. The summed E-state index contributed by atoms with van der Waals surface area (Å²) in [5.41, 5.74) is 1.18. The maximum Gasteiger partial charge on any atom is 0.257 e. The first-order valence-electron chi connectivity index (χ1n) is 6.84. The van der Waals surface area contributed by atoms with Crippen LogP contribution in [0.4, 0.5) is 0 Å². The summed E-state index contributed by atoms with van der Waals surface area (Å²) < 4.78 is 5.42. The second-order valence-electron chi connectivity index (χ2n) is 4.48. The number of carbonyl (C=O) groups is 2. The molecule has 2 N–H and O–H groups in total. The van der Waals surface area contributed by atoms with E-state index in [2.05, 4.69) is 17.6 Å². The Hall–Kier alpha value is -2.04. The van der Waals surface area contributed by atoms with E-state index < -0.39 is 0 Å². The van der Waals surface area contributed by atoms with Gasteiger partial charge in [-0.2, -0.15) is 0 Å². The lowest BCUT2D eigenvalue weighted by atomic mass is 10.2. The van der Waals surface area contributed by atoms with Crippen LogP contribution in [0.2, 0.25) is 0 Å². The van der Waals surface area contributed by atoms with Crippen molar-refractivity contribution in [1.29, 1.82) is 0 Å². The Labute approximate surface area is 119 Å². The molecule has 5 nitrogen and oxygen atoms in total. The summed E-state index contributed by atoms with van der Waals surface area (Å²) in [5.74, 6) is 0.489. The molecule has 2 amide bonds. The number of aryl methyl sites for hydroxylation is 1. The second-order valence-corrected chi connectivity index (χ2v) is 4.48. The molecule has 20 heavy (non-hydrogen) atoms. The highest BCUT2D eigenvalue weighted by Gasteiger charge is 2.02. The zero-order valence-electron chi connectivity index (χ0n) is 12.1. The van der Waals surface area contributed by atoms with Crippen molar-refractivity contribution in [3.8, 4) is 5.75 Å². The highest BCUT2D eigenvalue weighted by atomic mass is 16.5. The van der Waals surface area contributed by atoms with Gasteiger partial charge >= 0.3 is 0 Å². The molecule has 5 heteroatoms. The Kier molecular flexibility index (Phi) is 7.17. The van der Waals surface area contributed by atoms with Crippen molar-refractivity contribution in [3.05, 3.63) is 29.8 Å². The molecule has 0 spiro atoms. The fourth-order valence-electron chi connectivity index (χ4n) is 1.64. The molecule has 0 heterocycles. The van der Waals surface area contributed by atoms with Gasteiger partial charge in [0.1, 0.15) is 5.75 Å². The summed E-state index contributed by atoms with van der Waals surface area (Å²) in [5, 5.41) is 5.41. The third kappa shape index (κ3) is 6.78. The predicted octanol–water partition coefficient (Wildman–Crippen LogP) is 1.27. The number of nitrogens with one attached hydrogen (secondary N) is 2. The Morgan fingerprint density at radius 3 is 2.65 bits per heavy atom. The van der Waals surface area contributed by atoms with Crippen LogP contribution in [0.3, 0.4) is 0 Å². The quantitative estimate of drug-likeness (QED) is 0.704. The van der Waals surface area contributed by atoms with Crippen LogP contribution in [0.25, 0.3) is 0 Å². The second kappa shape index (κ2) is 8.96. The topological polar surface area (TPSA) is 67.4 Å².